The Hall–Kier alpha value is -1.52. The predicted molar refractivity (Wildman–Crippen MR) is 82.9 cm³/mol. The van der Waals surface area contributed by atoms with Crippen molar-refractivity contribution in [1.82, 2.24) is 0 Å². The van der Waals surface area contributed by atoms with Gasteiger partial charge in [0.05, 0.1) is 0 Å². The summed E-state index contributed by atoms with van der Waals surface area (Å²) in [7, 11) is 4.01. The maximum absolute atomic E-state index is 5.88. The van der Waals surface area contributed by atoms with Crippen LogP contribution in [-0.4, -0.2) is 14.1 Å². The molecule has 2 rings (SSSR count). The molecule has 3 nitrogen and oxygen atoms in total. The van der Waals surface area contributed by atoms with Crippen molar-refractivity contribution in [3.63, 3.8) is 0 Å². The van der Waals surface area contributed by atoms with Crippen molar-refractivity contribution in [2.45, 2.75) is 6.54 Å². The van der Waals surface area contributed by atoms with Gasteiger partial charge in [0.1, 0.15) is 11.5 Å². The second kappa shape index (κ2) is 6.08. The molecule has 0 atom stereocenters. The summed E-state index contributed by atoms with van der Waals surface area (Å²) in [5.41, 5.74) is 7.80. The molecule has 0 unspecified atom stereocenters. The Morgan fingerprint density at radius 1 is 1.11 bits per heavy atom. The number of nitrogens with two attached hydrogens (primary N) is 1. The van der Waals surface area contributed by atoms with Crippen molar-refractivity contribution < 1.29 is 4.74 Å². The summed E-state index contributed by atoms with van der Waals surface area (Å²) in [6.07, 6.45) is 0. The first-order valence-electron chi connectivity index (χ1n) is 6.03. The van der Waals surface area contributed by atoms with E-state index in [9.17, 15) is 0 Å². The van der Waals surface area contributed by atoms with Gasteiger partial charge in [-0.25, -0.2) is 0 Å². The van der Waals surface area contributed by atoms with Crippen LogP contribution in [-0.2, 0) is 6.54 Å². The zero-order valence-corrected chi connectivity index (χ0v) is 12.6. The monoisotopic (exact) mass is 320 g/mol. The van der Waals surface area contributed by atoms with Crippen LogP contribution in [0.3, 0.4) is 0 Å². The van der Waals surface area contributed by atoms with Crippen LogP contribution in [0.1, 0.15) is 5.56 Å². The molecule has 0 spiro atoms. The summed E-state index contributed by atoms with van der Waals surface area (Å²) in [6, 6.07) is 13.8. The first-order valence-corrected chi connectivity index (χ1v) is 6.82. The molecule has 0 saturated carbocycles. The molecule has 0 bridgehead atoms. The molecule has 0 heterocycles. The summed E-state index contributed by atoms with van der Waals surface area (Å²) in [5, 5.41) is 0. The van der Waals surface area contributed by atoms with Crippen LogP contribution in [0.5, 0.6) is 11.5 Å². The Balaban J connectivity index is 2.25. The van der Waals surface area contributed by atoms with Gasteiger partial charge in [-0.1, -0.05) is 22.0 Å². The lowest BCUT2D eigenvalue weighted by molar-refractivity contribution is 0.481. The SMILES string of the molecule is CN(C)c1cccc(Oc2cc(Br)cc(CN)c2)c1. The third-order valence-corrected chi connectivity index (χ3v) is 3.19. The highest BCUT2D eigenvalue weighted by molar-refractivity contribution is 9.10. The molecule has 2 aromatic carbocycles. The number of benzene rings is 2. The Kier molecular flexibility index (Phi) is 4.45. The third kappa shape index (κ3) is 3.72. The molecule has 0 fully saturated rings. The maximum Gasteiger partial charge on any atom is 0.129 e. The van der Waals surface area contributed by atoms with Crippen LogP contribution in [0.15, 0.2) is 46.9 Å². The van der Waals surface area contributed by atoms with E-state index in [0.29, 0.717) is 6.54 Å². The first kappa shape index (κ1) is 13.9. The normalized spacial score (nSPS) is 10.3. The fraction of sp³-hybridized carbons (Fsp3) is 0.200. The van der Waals surface area contributed by atoms with E-state index >= 15 is 0 Å². The molecule has 0 aliphatic rings. The smallest absolute Gasteiger partial charge is 0.129 e. The number of hydrogen-bond acceptors (Lipinski definition) is 3. The number of nitrogens with zero attached hydrogens (tertiary/aromatic N) is 1. The first-order chi connectivity index (χ1) is 9.08. The van der Waals surface area contributed by atoms with Gasteiger partial charge >= 0.3 is 0 Å². The lowest BCUT2D eigenvalue weighted by Gasteiger charge is -2.14. The van der Waals surface area contributed by atoms with Crippen molar-refractivity contribution >= 4 is 21.6 Å². The van der Waals surface area contributed by atoms with E-state index in [1.54, 1.807) is 0 Å². The van der Waals surface area contributed by atoms with E-state index in [2.05, 4.69) is 15.9 Å². The van der Waals surface area contributed by atoms with Gasteiger partial charge in [0.2, 0.25) is 0 Å². The number of rotatable bonds is 4. The molecule has 0 aliphatic carbocycles. The molecule has 0 radical (unpaired) electrons. The van der Waals surface area contributed by atoms with E-state index in [0.717, 1.165) is 27.2 Å². The summed E-state index contributed by atoms with van der Waals surface area (Å²) in [6.45, 7) is 0.494. The van der Waals surface area contributed by atoms with Crippen LogP contribution in [0.2, 0.25) is 0 Å². The zero-order valence-electron chi connectivity index (χ0n) is 11.1. The van der Waals surface area contributed by atoms with E-state index in [4.69, 9.17) is 10.5 Å². The second-order valence-corrected chi connectivity index (χ2v) is 5.41. The van der Waals surface area contributed by atoms with E-state index in [1.165, 1.54) is 0 Å². The van der Waals surface area contributed by atoms with E-state index in [-0.39, 0.29) is 0 Å². The fourth-order valence-corrected chi connectivity index (χ4v) is 2.28. The topological polar surface area (TPSA) is 38.5 Å². The van der Waals surface area contributed by atoms with Crippen LogP contribution in [0, 0.1) is 0 Å². The highest BCUT2D eigenvalue weighted by atomic mass is 79.9. The van der Waals surface area contributed by atoms with Gasteiger partial charge in [0, 0.05) is 36.9 Å². The number of halogens is 1. The molecule has 19 heavy (non-hydrogen) atoms. The van der Waals surface area contributed by atoms with Crippen molar-refractivity contribution in [3.05, 3.63) is 52.5 Å². The summed E-state index contributed by atoms with van der Waals surface area (Å²) < 4.78 is 6.85. The average Bonchev–Trinajstić information content (AvgIpc) is 2.38. The van der Waals surface area contributed by atoms with Crippen molar-refractivity contribution in [2.75, 3.05) is 19.0 Å². The van der Waals surface area contributed by atoms with Gasteiger partial charge < -0.3 is 15.4 Å². The van der Waals surface area contributed by atoms with Gasteiger partial charge in [-0.05, 0) is 35.9 Å². The van der Waals surface area contributed by atoms with Crippen molar-refractivity contribution in [1.29, 1.82) is 0 Å². The molecule has 4 heteroatoms. The fourth-order valence-electron chi connectivity index (χ4n) is 1.76. The van der Waals surface area contributed by atoms with Gasteiger partial charge in [-0.3, -0.25) is 0 Å². The van der Waals surface area contributed by atoms with Gasteiger partial charge in [-0.2, -0.15) is 0 Å². The lowest BCUT2D eigenvalue weighted by Crippen LogP contribution is -2.08. The maximum atomic E-state index is 5.88. The average molecular weight is 321 g/mol. The largest absolute Gasteiger partial charge is 0.457 e. The Labute approximate surface area is 122 Å². The van der Waals surface area contributed by atoms with Crippen LogP contribution in [0.25, 0.3) is 0 Å². The second-order valence-electron chi connectivity index (χ2n) is 4.49. The Morgan fingerprint density at radius 2 is 1.89 bits per heavy atom. The minimum Gasteiger partial charge on any atom is -0.457 e. The van der Waals surface area contributed by atoms with Gasteiger partial charge in [0.25, 0.3) is 0 Å². The number of ether oxygens (including phenoxy) is 1. The quantitative estimate of drug-likeness (QED) is 0.932. The molecule has 100 valence electrons. The predicted octanol–water partition coefficient (Wildman–Crippen LogP) is 3.77. The Morgan fingerprint density at radius 3 is 2.58 bits per heavy atom. The summed E-state index contributed by atoms with van der Waals surface area (Å²) in [5.74, 6) is 1.60. The molecular weight excluding hydrogens is 304 g/mol. The minimum absolute atomic E-state index is 0.494. The van der Waals surface area contributed by atoms with Crippen LogP contribution in [0.4, 0.5) is 5.69 Å². The molecule has 0 aromatic heterocycles. The van der Waals surface area contributed by atoms with Gasteiger partial charge in [-0.15, -0.1) is 0 Å². The lowest BCUT2D eigenvalue weighted by atomic mass is 10.2. The standard InChI is InChI=1S/C15H17BrN2O/c1-18(2)13-4-3-5-14(9-13)19-15-7-11(10-17)6-12(16)8-15/h3-9H,10,17H2,1-2H3. The number of anilines is 1. The molecule has 0 amide bonds. The van der Waals surface area contributed by atoms with E-state index in [1.807, 2.05) is 61.5 Å². The highest BCUT2D eigenvalue weighted by Gasteiger charge is 2.03. The minimum atomic E-state index is 0.494. The molecule has 0 aliphatic heterocycles. The van der Waals surface area contributed by atoms with E-state index < -0.39 is 0 Å². The molecular formula is C15H17BrN2O. The number of hydrogen-bond donors (Lipinski definition) is 1. The summed E-state index contributed by atoms with van der Waals surface area (Å²) in [4.78, 5) is 2.04. The highest BCUT2D eigenvalue weighted by Crippen LogP contribution is 2.28. The molecule has 2 N–H and O–H groups in total. The van der Waals surface area contributed by atoms with Crippen LogP contribution < -0.4 is 15.4 Å². The van der Waals surface area contributed by atoms with Crippen molar-refractivity contribution in [3.8, 4) is 11.5 Å². The van der Waals surface area contributed by atoms with Crippen LogP contribution >= 0.6 is 15.9 Å². The molecule has 0 saturated heterocycles. The van der Waals surface area contributed by atoms with Gasteiger partial charge in [0.15, 0.2) is 0 Å². The summed E-state index contributed by atoms with van der Waals surface area (Å²) >= 11 is 3.46. The zero-order chi connectivity index (χ0) is 13.8. The molecule has 2 aromatic rings. The third-order valence-electron chi connectivity index (χ3n) is 2.74. The van der Waals surface area contributed by atoms with Crippen molar-refractivity contribution in [2.24, 2.45) is 5.73 Å². The Bertz CT molecular complexity index is 570.